The largest absolute Gasteiger partial charge is 0.399 e. The first kappa shape index (κ1) is 20.0. The van der Waals surface area contributed by atoms with Gasteiger partial charge in [0.2, 0.25) is 5.91 Å². The average molecular weight is 387 g/mol. The number of carbonyl (C=O) groups is 1. The third-order valence-electron chi connectivity index (χ3n) is 5.24. The molecule has 2 aliphatic rings. The molecule has 1 saturated carbocycles. The Morgan fingerprint density at radius 3 is 2.60 bits per heavy atom. The van der Waals surface area contributed by atoms with Crippen LogP contribution >= 0.6 is 12.4 Å². The lowest BCUT2D eigenvalue weighted by atomic mass is 9.87. The van der Waals surface area contributed by atoms with Crippen LogP contribution in [-0.2, 0) is 21.1 Å². The number of aryl methyl sites for hydroxylation is 1. The van der Waals surface area contributed by atoms with Crippen molar-refractivity contribution >= 4 is 33.8 Å². The number of fused-ring (bicyclic) bond motifs is 1. The molecule has 0 heterocycles. The van der Waals surface area contributed by atoms with Crippen molar-refractivity contribution in [1.29, 1.82) is 0 Å². The predicted molar refractivity (Wildman–Crippen MR) is 103 cm³/mol. The Balaban J connectivity index is 0.00000225. The number of halogens is 1. The van der Waals surface area contributed by atoms with Crippen LogP contribution in [0.3, 0.4) is 0 Å². The molecule has 1 fully saturated rings. The van der Waals surface area contributed by atoms with E-state index in [1.807, 2.05) is 18.2 Å². The molecule has 0 spiro atoms. The van der Waals surface area contributed by atoms with E-state index >= 15 is 0 Å². The van der Waals surface area contributed by atoms with Crippen LogP contribution in [0.1, 0.15) is 62.1 Å². The zero-order chi connectivity index (χ0) is 17.2. The Kier molecular flexibility index (Phi) is 6.74. The Morgan fingerprint density at radius 2 is 1.88 bits per heavy atom. The van der Waals surface area contributed by atoms with Crippen molar-refractivity contribution in [2.75, 3.05) is 11.5 Å². The fourth-order valence-corrected chi connectivity index (χ4v) is 5.75. The smallest absolute Gasteiger partial charge is 0.221 e. The molecule has 0 saturated heterocycles. The zero-order valence-corrected chi connectivity index (χ0v) is 16.0. The Bertz CT molecular complexity index is 715. The summed E-state index contributed by atoms with van der Waals surface area (Å²) < 4.78 is 24.5. The van der Waals surface area contributed by atoms with Gasteiger partial charge in [0.25, 0.3) is 0 Å². The van der Waals surface area contributed by atoms with Crippen LogP contribution in [0, 0.1) is 0 Å². The maximum Gasteiger partial charge on any atom is 0.221 e. The van der Waals surface area contributed by atoms with Gasteiger partial charge in [0.1, 0.15) is 0 Å². The summed E-state index contributed by atoms with van der Waals surface area (Å²) in [5, 5.41) is 2.78. The normalized spacial score (nSPS) is 20.6. The molecule has 0 aliphatic heterocycles. The van der Waals surface area contributed by atoms with Gasteiger partial charge in [-0.3, -0.25) is 4.79 Å². The molecule has 5 nitrogen and oxygen atoms in total. The topological polar surface area (TPSA) is 89.3 Å². The second kappa shape index (κ2) is 8.41. The number of anilines is 1. The van der Waals surface area contributed by atoms with E-state index in [1.54, 1.807) is 0 Å². The van der Waals surface area contributed by atoms with Crippen molar-refractivity contribution in [3.8, 4) is 0 Å². The SMILES string of the molecule is Cl.Nc1ccc2c(c1)CCCC2NC(=O)CCS(=O)(=O)C1CCCC1. The van der Waals surface area contributed by atoms with Gasteiger partial charge in [-0.2, -0.15) is 0 Å². The second-order valence-corrected chi connectivity index (χ2v) is 9.39. The number of nitrogens with one attached hydrogen (secondary N) is 1. The average Bonchev–Trinajstić information content (AvgIpc) is 3.08. The summed E-state index contributed by atoms with van der Waals surface area (Å²) in [4.78, 5) is 12.2. The second-order valence-electron chi connectivity index (χ2n) is 6.99. The van der Waals surface area contributed by atoms with Gasteiger partial charge < -0.3 is 11.1 Å². The molecule has 3 N–H and O–H groups in total. The molecule has 3 rings (SSSR count). The van der Waals surface area contributed by atoms with E-state index < -0.39 is 9.84 Å². The highest BCUT2D eigenvalue weighted by molar-refractivity contribution is 7.92. The predicted octanol–water partition coefficient (Wildman–Crippen LogP) is 2.93. The number of hydrogen-bond donors (Lipinski definition) is 2. The number of nitrogen functional groups attached to an aromatic ring is 1. The number of rotatable bonds is 5. The lowest BCUT2D eigenvalue weighted by Crippen LogP contribution is -2.33. The van der Waals surface area contributed by atoms with Gasteiger partial charge in [0.05, 0.1) is 17.0 Å². The van der Waals surface area contributed by atoms with E-state index in [0.717, 1.165) is 56.2 Å². The number of sulfone groups is 1. The monoisotopic (exact) mass is 386 g/mol. The molecular weight excluding hydrogens is 360 g/mol. The molecule has 25 heavy (non-hydrogen) atoms. The molecule has 1 aromatic carbocycles. The van der Waals surface area contributed by atoms with E-state index in [-0.39, 0.29) is 41.8 Å². The summed E-state index contributed by atoms with van der Waals surface area (Å²) in [5.41, 5.74) is 8.87. The fraction of sp³-hybridized carbons (Fsp3) is 0.611. The number of amides is 1. The van der Waals surface area contributed by atoms with E-state index in [4.69, 9.17) is 5.73 Å². The summed E-state index contributed by atoms with van der Waals surface area (Å²) in [6.45, 7) is 0. The van der Waals surface area contributed by atoms with Crippen LogP contribution in [-0.4, -0.2) is 25.3 Å². The van der Waals surface area contributed by atoms with Crippen LogP contribution in [0.15, 0.2) is 18.2 Å². The zero-order valence-electron chi connectivity index (χ0n) is 14.4. The summed E-state index contributed by atoms with van der Waals surface area (Å²) in [6.07, 6.45) is 6.39. The van der Waals surface area contributed by atoms with E-state index in [0.29, 0.717) is 0 Å². The highest BCUT2D eigenvalue weighted by Crippen LogP contribution is 2.31. The molecule has 1 atom stereocenters. The summed E-state index contributed by atoms with van der Waals surface area (Å²) in [5.74, 6) is -0.212. The molecule has 1 amide bonds. The first-order valence-corrected chi connectivity index (χ1v) is 10.6. The summed E-state index contributed by atoms with van der Waals surface area (Å²) in [7, 11) is -3.14. The van der Waals surface area contributed by atoms with Crippen LogP contribution < -0.4 is 11.1 Å². The number of carbonyl (C=O) groups excluding carboxylic acids is 1. The van der Waals surface area contributed by atoms with Gasteiger partial charge in [-0.1, -0.05) is 18.9 Å². The van der Waals surface area contributed by atoms with E-state index in [2.05, 4.69) is 5.32 Å². The molecule has 7 heteroatoms. The van der Waals surface area contributed by atoms with Crippen molar-refractivity contribution in [2.45, 2.75) is 62.7 Å². The van der Waals surface area contributed by atoms with Gasteiger partial charge >= 0.3 is 0 Å². The van der Waals surface area contributed by atoms with Gasteiger partial charge in [0.15, 0.2) is 9.84 Å². The molecule has 0 bridgehead atoms. The lowest BCUT2D eigenvalue weighted by Gasteiger charge is -2.26. The molecule has 1 unspecified atom stereocenters. The van der Waals surface area contributed by atoms with Crippen LogP contribution in [0.2, 0.25) is 0 Å². The first-order chi connectivity index (χ1) is 11.5. The van der Waals surface area contributed by atoms with Crippen molar-refractivity contribution in [1.82, 2.24) is 5.32 Å². The van der Waals surface area contributed by atoms with Gasteiger partial charge in [-0.15, -0.1) is 12.4 Å². The maximum absolute atomic E-state index is 12.3. The summed E-state index contributed by atoms with van der Waals surface area (Å²) in [6, 6.07) is 5.77. The Labute approximate surface area is 156 Å². The highest BCUT2D eigenvalue weighted by Gasteiger charge is 2.29. The minimum atomic E-state index is -3.14. The molecule has 0 aromatic heterocycles. The lowest BCUT2D eigenvalue weighted by molar-refractivity contribution is -0.121. The van der Waals surface area contributed by atoms with Crippen molar-refractivity contribution < 1.29 is 13.2 Å². The van der Waals surface area contributed by atoms with Crippen molar-refractivity contribution in [3.63, 3.8) is 0 Å². The van der Waals surface area contributed by atoms with E-state index in [9.17, 15) is 13.2 Å². The van der Waals surface area contributed by atoms with Crippen molar-refractivity contribution in [2.24, 2.45) is 0 Å². The summed E-state index contributed by atoms with van der Waals surface area (Å²) >= 11 is 0. The minimum absolute atomic E-state index is 0. The maximum atomic E-state index is 12.3. The van der Waals surface area contributed by atoms with Crippen LogP contribution in [0.4, 0.5) is 5.69 Å². The number of benzene rings is 1. The van der Waals surface area contributed by atoms with Crippen LogP contribution in [0.5, 0.6) is 0 Å². The van der Waals surface area contributed by atoms with Gasteiger partial charge in [0, 0.05) is 12.1 Å². The molecule has 0 radical (unpaired) electrons. The molecule has 2 aliphatic carbocycles. The quantitative estimate of drug-likeness (QED) is 0.761. The van der Waals surface area contributed by atoms with Crippen molar-refractivity contribution in [3.05, 3.63) is 29.3 Å². The third-order valence-corrected chi connectivity index (χ3v) is 7.50. The Morgan fingerprint density at radius 1 is 1.16 bits per heavy atom. The molecule has 140 valence electrons. The van der Waals surface area contributed by atoms with Gasteiger partial charge in [-0.25, -0.2) is 8.42 Å². The number of nitrogens with two attached hydrogens (primary N) is 1. The first-order valence-electron chi connectivity index (χ1n) is 8.85. The van der Waals surface area contributed by atoms with Gasteiger partial charge in [-0.05, 0) is 55.4 Å². The fourth-order valence-electron chi connectivity index (χ4n) is 3.90. The number of hydrogen-bond acceptors (Lipinski definition) is 4. The Hall–Kier alpha value is -1.27. The van der Waals surface area contributed by atoms with E-state index in [1.165, 1.54) is 5.56 Å². The highest BCUT2D eigenvalue weighted by atomic mass is 35.5. The third kappa shape index (κ3) is 4.88. The van der Waals surface area contributed by atoms with Crippen LogP contribution in [0.25, 0.3) is 0 Å². The molecule has 1 aromatic rings. The minimum Gasteiger partial charge on any atom is -0.399 e. The molecular formula is C18H27ClN2O3S. The standard InChI is InChI=1S/C18H26N2O3S.ClH/c19-14-8-9-16-13(12-14)4-3-7-17(16)20-18(21)10-11-24(22,23)15-5-1-2-6-15;/h8-9,12,15,17H,1-7,10-11,19H2,(H,20,21);1H.